The SMILES string of the molecule is C[C@H](O)[C@@H](C(=O)OC(C)(C)C)N(C)C(=O)OCC1c2ccccc2-c2ccccc21. The Morgan fingerprint density at radius 2 is 1.53 bits per heavy atom. The van der Waals surface area contributed by atoms with Crippen LogP contribution in [0.1, 0.15) is 44.7 Å². The van der Waals surface area contributed by atoms with Gasteiger partial charge in [0, 0.05) is 13.0 Å². The highest BCUT2D eigenvalue weighted by Crippen LogP contribution is 2.44. The van der Waals surface area contributed by atoms with Crippen LogP contribution in [0.4, 0.5) is 4.79 Å². The van der Waals surface area contributed by atoms with Crippen LogP contribution in [-0.4, -0.2) is 53.5 Å². The molecule has 0 bridgehead atoms. The van der Waals surface area contributed by atoms with Crippen molar-refractivity contribution in [3.8, 4) is 11.1 Å². The number of amides is 1. The minimum atomic E-state index is -1.15. The Balaban J connectivity index is 1.74. The van der Waals surface area contributed by atoms with Gasteiger partial charge in [-0.1, -0.05) is 48.5 Å². The lowest BCUT2D eigenvalue weighted by Gasteiger charge is -2.31. The smallest absolute Gasteiger partial charge is 0.410 e. The number of benzene rings is 2. The van der Waals surface area contributed by atoms with E-state index in [0.717, 1.165) is 27.2 Å². The molecule has 0 unspecified atom stereocenters. The van der Waals surface area contributed by atoms with Crippen LogP contribution in [0.3, 0.4) is 0 Å². The molecular formula is C24H29NO5. The van der Waals surface area contributed by atoms with Crippen molar-refractivity contribution in [2.75, 3.05) is 13.7 Å². The summed E-state index contributed by atoms with van der Waals surface area (Å²) >= 11 is 0. The Morgan fingerprint density at radius 3 is 2.00 bits per heavy atom. The number of fused-ring (bicyclic) bond motifs is 3. The molecule has 30 heavy (non-hydrogen) atoms. The highest BCUT2D eigenvalue weighted by Gasteiger charge is 2.36. The number of esters is 1. The average molecular weight is 411 g/mol. The number of hydrogen-bond donors (Lipinski definition) is 1. The van der Waals surface area contributed by atoms with E-state index < -0.39 is 29.8 Å². The number of aliphatic hydroxyl groups is 1. The Bertz CT molecular complexity index is 886. The van der Waals surface area contributed by atoms with Gasteiger partial charge in [-0.3, -0.25) is 4.90 Å². The van der Waals surface area contributed by atoms with Crippen molar-refractivity contribution >= 4 is 12.1 Å². The van der Waals surface area contributed by atoms with E-state index >= 15 is 0 Å². The summed E-state index contributed by atoms with van der Waals surface area (Å²) in [6.07, 6.45) is -1.79. The first-order valence-electron chi connectivity index (χ1n) is 10.1. The van der Waals surface area contributed by atoms with E-state index in [1.807, 2.05) is 36.4 Å². The van der Waals surface area contributed by atoms with E-state index in [9.17, 15) is 14.7 Å². The second-order valence-corrected chi connectivity index (χ2v) is 8.63. The molecule has 2 aromatic rings. The topological polar surface area (TPSA) is 76.1 Å². The largest absolute Gasteiger partial charge is 0.458 e. The maximum Gasteiger partial charge on any atom is 0.410 e. The molecule has 6 heteroatoms. The quantitative estimate of drug-likeness (QED) is 0.754. The Hall–Kier alpha value is -2.86. The first kappa shape index (κ1) is 21.8. The molecule has 0 aromatic heterocycles. The van der Waals surface area contributed by atoms with Gasteiger partial charge in [0.05, 0.1) is 6.10 Å². The van der Waals surface area contributed by atoms with Gasteiger partial charge in [-0.2, -0.15) is 0 Å². The van der Waals surface area contributed by atoms with Crippen molar-refractivity contribution in [2.45, 2.75) is 51.4 Å². The molecule has 0 aliphatic heterocycles. The van der Waals surface area contributed by atoms with Crippen LogP contribution in [0.2, 0.25) is 0 Å². The minimum Gasteiger partial charge on any atom is -0.458 e. The summed E-state index contributed by atoms with van der Waals surface area (Å²) in [5, 5.41) is 10.1. The zero-order valence-electron chi connectivity index (χ0n) is 18.1. The number of ether oxygens (including phenoxy) is 2. The van der Waals surface area contributed by atoms with E-state index in [-0.39, 0.29) is 12.5 Å². The van der Waals surface area contributed by atoms with Crippen LogP contribution in [0, 0.1) is 0 Å². The standard InChI is InChI=1S/C24H29NO5/c1-15(26)21(22(27)30-24(2,3)4)25(5)23(28)29-14-20-18-12-8-6-10-16(18)17-11-7-9-13-19(17)20/h6-13,15,20-21,26H,14H2,1-5H3/t15-,21-/m0/s1. The molecule has 0 saturated heterocycles. The fourth-order valence-electron chi connectivity index (χ4n) is 3.85. The molecule has 6 nitrogen and oxygen atoms in total. The van der Waals surface area contributed by atoms with Gasteiger partial charge in [0.15, 0.2) is 6.04 Å². The second kappa shape index (κ2) is 8.48. The number of aliphatic hydroxyl groups excluding tert-OH is 1. The summed E-state index contributed by atoms with van der Waals surface area (Å²) in [6.45, 7) is 6.78. The Kier molecular flexibility index (Phi) is 6.17. The first-order valence-corrected chi connectivity index (χ1v) is 10.1. The lowest BCUT2D eigenvalue weighted by molar-refractivity contribution is -0.164. The van der Waals surface area contributed by atoms with Gasteiger partial charge >= 0.3 is 12.1 Å². The van der Waals surface area contributed by atoms with Gasteiger partial charge in [0.25, 0.3) is 0 Å². The van der Waals surface area contributed by atoms with Crippen LogP contribution in [0.15, 0.2) is 48.5 Å². The summed E-state index contributed by atoms with van der Waals surface area (Å²) < 4.78 is 10.9. The third-order valence-corrected chi connectivity index (χ3v) is 5.15. The number of rotatable bonds is 5. The molecule has 1 amide bonds. The highest BCUT2D eigenvalue weighted by molar-refractivity contribution is 5.82. The van der Waals surface area contributed by atoms with Crippen LogP contribution in [0.25, 0.3) is 11.1 Å². The summed E-state index contributed by atoms with van der Waals surface area (Å²) in [5.74, 6) is -0.755. The molecule has 2 atom stereocenters. The van der Waals surface area contributed by atoms with Crippen LogP contribution in [0.5, 0.6) is 0 Å². The van der Waals surface area contributed by atoms with Crippen molar-refractivity contribution in [1.29, 1.82) is 0 Å². The number of nitrogens with zero attached hydrogens (tertiary/aromatic N) is 1. The molecular weight excluding hydrogens is 382 g/mol. The molecule has 0 spiro atoms. The minimum absolute atomic E-state index is 0.0822. The predicted molar refractivity (Wildman–Crippen MR) is 114 cm³/mol. The predicted octanol–water partition coefficient (Wildman–Crippen LogP) is 3.96. The van der Waals surface area contributed by atoms with Crippen molar-refractivity contribution in [3.63, 3.8) is 0 Å². The number of likely N-dealkylation sites (N-methyl/N-ethyl adjacent to an activating group) is 1. The van der Waals surface area contributed by atoms with E-state index in [4.69, 9.17) is 9.47 Å². The van der Waals surface area contributed by atoms with E-state index in [2.05, 4.69) is 12.1 Å². The fraction of sp³-hybridized carbons (Fsp3) is 0.417. The number of carbonyl (C=O) groups excluding carboxylic acids is 2. The maximum atomic E-state index is 12.7. The van der Waals surface area contributed by atoms with Gasteiger partial charge in [-0.15, -0.1) is 0 Å². The molecule has 160 valence electrons. The van der Waals surface area contributed by atoms with Gasteiger partial charge < -0.3 is 14.6 Å². The van der Waals surface area contributed by atoms with Crippen LogP contribution in [-0.2, 0) is 14.3 Å². The Morgan fingerprint density at radius 1 is 1.03 bits per heavy atom. The van der Waals surface area contributed by atoms with Crippen molar-refractivity contribution in [3.05, 3.63) is 59.7 Å². The summed E-state index contributed by atoms with van der Waals surface area (Å²) in [6, 6.07) is 15.0. The number of carbonyl (C=O) groups is 2. The molecule has 0 heterocycles. The molecule has 0 radical (unpaired) electrons. The molecule has 1 aliphatic rings. The van der Waals surface area contributed by atoms with E-state index in [1.54, 1.807) is 20.8 Å². The normalized spacial score (nSPS) is 15.0. The third-order valence-electron chi connectivity index (χ3n) is 5.15. The lowest BCUT2D eigenvalue weighted by atomic mass is 9.98. The molecule has 3 rings (SSSR count). The average Bonchev–Trinajstić information content (AvgIpc) is 2.98. The zero-order valence-corrected chi connectivity index (χ0v) is 18.1. The molecule has 0 fully saturated rings. The first-order chi connectivity index (χ1) is 14.1. The Labute approximate surface area is 177 Å². The summed E-state index contributed by atoms with van der Waals surface area (Å²) in [5.41, 5.74) is 3.75. The molecule has 2 aromatic carbocycles. The fourth-order valence-corrected chi connectivity index (χ4v) is 3.85. The molecule has 1 N–H and O–H groups in total. The summed E-state index contributed by atoms with van der Waals surface area (Å²) in [7, 11) is 1.43. The lowest BCUT2D eigenvalue weighted by Crippen LogP contribution is -2.51. The molecule has 1 aliphatic carbocycles. The van der Waals surface area contributed by atoms with Crippen molar-refractivity contribution in [1.82, 2.24) is 4.90 Å². The van der Waals surface area contributed by atoms with Gasteiger partial charge in [-0.05, 0) is 49.9 Å². The number of hydrogen-bond acceptors (Lipinski definition) is 5. The summed E-state index contributed by atoms with van der Waals surface area (Å²) in [4.78, 5) is 26.3. The monoisotopic (exact) mass is 411 g/mol. The van der Waals surface area contributed by atoms with Crippen molar-refractivity contribution in [2.24, 2.45) is 0 Å². The van der Waals surface area contributed by atoms with Crippen molar-refractivity contribution < 1.29 is 24.2 Å². The molecule has 0 saturated carbocycles. The van der Waals surface area contributed by atoms with E-state index in [1.165, 1.54) is 14.0 Å². The highest BCUT2D eigenvalue weighted by atomic mass is 16.6. The third kappa shape index (κ3) is 4.49. The van der Waals surface area contributed by atoms with E-state index in [0.29, 0.717) is 0 Å². The maximum absolute atomic E-state index is 12.7. The van der Waals surface area contributed by atoms with Gasteiger partial charge in [0.1, 0.15) is 12.2 Å². The second-order valence-electron chi connectivity index (χ2n) is 8.63. The van der Waals surface area contributed by atoms with Gasteiger partial charge in [-0.25, -0.2) is 9.59 Å². The van der Waals surface area contributed by atoms with Crippen LogP contribution < -0.4 is 0 Å². The van der Waals surface area contributed by atoms with Crippen LogP contribution >= 0.6 is 0 Å². The van der Waals surface area contributed by atoms with Gasteiger partial charge in [0.2, 0.25) is 0 Å². The zero-order chi connectivity index (χ0) is 22.1.